The SMILES string of the molecule is CC(=O)NCCc1c[nH]c2ccc(OCCCCCCCCS)cc12. The van der Waals surface area contributed by atoms with Crippen molar-refractivity contribution in [2.75, 3.05) is 18.9 Å². The van der Waals surface area contributed by atoms with Crippen LogP contribution >= 0.6 is 12.6 Å². The van der Waals surface area contributed by atoms with Crippen LogP contribution in [0, 0.1) is 0 Å². The van der Waals surface area contributed by atoms with Crippen LogP contribution in [0.15, 0.2) is 24.4 Å². The van der Waals surface area contributed by atoms with E-state index < -0.39 is 0 Å². The van der Waals surface area contributed by atoms with Gasteiger partial charge >= 0.3 is 0 Å². The van der Waals surface area contributed by atoms with Gasteiger partial charge in [-0.15, -0.1) is 0 Å². The fraction of sp³-hybridized carbons (Fsp3) is 0.550. The minimum Gasteiger partial charge on any atom is -0.494 e. The summed E-state index contributed by atoms with van der Waals surface area (Å²) in [6.45, 7) is 2.96. The molecule has 2 rings (SSSR count). The predicted molar refractivity (Wildman–Crippen MR) is 108 cm³/mol. The number of carbonyl (C=O) groups excluding carboxylic acids is 1. The number of unbranched alkanes of at least 4 members (excludes halogenated alkanes) is 5. The van der Waals surface area contributed by atoms with E-state index in [1.165, 1.54) is 43.1 Å². The van der Waals surface area contributed by atoms with Crippen LogP contribution in [-0.2, 0) is 11.2 Å². The number of amides is 1. The molecule has 0 spiro atoms. The molecule has 0 fully saturated rings. The first-order valence-electron chi connectivity index (χ1n) is 9.29. The van der Waals surface area contributed by atoms with Gasteiger partial charge in [0.2, 0.25) is 5.91 Å². The van der Waals surface area contributed by atoms with Gasteiger partial charge in [0.1, 0.15) is 5.75 Å². The average molecular weight is 363 g/mol. The van der Waals surface area contributed by atoms with Gasteiger partial charge in [-0.3, -0.25) is 4.79 Å². The van der Waals surface area contributed by atoms with E-state index >= 15 is 0 Å². The number of ether oxygens (including phenoxy) is 1. The molecule has 2 aromatic rings. The highest BCUT2D eigenvalue weighted by Crippen LogP contribution is 2.24. The van der Waals surface area contributed by atoms with Gasteiger partial charge in [0.15, 0.2) is 0 Å². The topological polar surface area (TPSA) is 54.1 Å². The van der Waals surface area contributed by atoms with Crippen molar-refractivity contribution in [2.24, 2.45) is 0 Å². The summed E-state index contributed by atoms with van der Waals surface area (Å²) in [6.07, 6.45) is 10.2. The summed E-state index contributed by atoms with van der Waals surface area (Å²) in [5.41, 5.74) is 2.31. The highest BCUT2D eigenvalue weighted by Gasteiger charge is 2.06. The summed E-state index contributed by atoms with van der Waals surface area (Å²) >= 11 is 4.23. The number of hydrogen-bond acceptors (Lipinski definition) is 3. The summed E-state index contributed by atoms with van der Waals surface area (Å²) < 4.78 is 5.91. The smallest absolute Gasteiger partial charge is 0.216 e. The molecule has 1 aromatic carbocycles. The minimum atomic E-state index is 0.00878. The molecule has 1 amide bonds. The van der Waals surface area contributed by atoms with E-state index in [9.17, 15) is 4.79 Å². The zero-order valence-electron chi connectivity index (χ0n) is 15.1. The lowest BCUT2D eigenvalue weighted by molar-refractivity contribution is -0.118. The van der Waals surface area contributed by atoms with E-state index in [2.05, 4.69) is 35.1 Å². The third-order valence-corrected chi connectivity index (χ3v) is 4.64. The average Bonchev–Trinajstić information content (AvgIpc) is 2.99. The molecule has 0 atom stereocenters. The lowest BCUT2D eigenvalue weighted by Gasteiger charge is -2.07. The second-order valence-corrected chi connectivity index (χ2v) is 6.89. The van der Waals surface area contributed by atoms with Crippen molar-refractivity contribution in [3.05, 3.63) is 30.0 Å². The number of hydrogen-bond donors (Lipinski definition) is 3. The van der Waals surface area contributed by atoms with Gasteiger partial charge in [-0.25, -0.2) is 0 Å². The molecule has 0 radical (unpaired) electrons. The molecule has 0 bridgehead atoms. The van der Waals surface area contributed by atoms with Crippen LogP contribution in [0.25, 0.3) is 10.9 Å². The van der Waals surface area contributed by atoms with Gasteiger partial charge < -0.3 is 15.0 Å². The van der Waals surface area contributed by atoms with E-state index in [0.717, 1.165) is 36.5 Å². The van der Waals surface area contributed by atoms with Gasteiger partial charge in [-0.05, 0) is 48.8 Å². The van der Waals surface area contributed by atoms with Crippen molar-refractivity contribution in [3.63, 3.8) is 0 Å². The second kappa shape index (κ2) is 11.1. The maximum Gasteiger partial charge on any atom is 0.216 e. The standard InChI is InChI=1S/C20H30N2O2S/c1-16(23)21-11-10-17-15-22-20-9-8-18(14-19(17)20)24-12-6-4-2-3-5-7-13-25/h8-9,14-15,22,25H,2-7,10-13H2,1H3,(H,21,23). The molecule has 0 unspecified atom stereocenters. The number of rotatable bonds is 12. The molecular formula is C20H30N2O2S. The Morgan fingerprint density at radius 1 is 1.16 bits per heavy atom. The molecule has 138 valence electrons. The number of fused-ring (bicyclic) bond motifs is 1. The molecule has 5 heteroatoms. The van der Waals surface area contributed by atoms with Gasteiger partial charge in [-0.2, -0.15) is 12.6 Å². The zero-order valence-corrected chi connectivity index (χ0v) is 16.0. The molecule has 0 aliphatic rings. The third kappa shape index (κ3) is 7.02. The van der Waals surface area contributed by atoms with E-state index in [0.29, 0.717) is 6.54 Å². The lowest BCUT2D eigenvalue weighted by atomic mass is 10.1. The van der Waals surface area contributed by atoms with E-state index in [4.69, 9.17) is 4.74 Å². The summed E-state index contributed by atoms with van der Waals surface area (Å²) in [4.78, 5) is 14.3. The Morgan fingerprint density at radius 3 is 2.68 bits per heavy atom. The third-order valence-electron chi connectivity index (χ3n) is 4.33. The summed E-state index contributed by atoms with van der Waals surface area (Å²) in [5, 5.41) is 4.02. The normalized spacial score (nSPS) is 11.0. The van der Waals surface area contributed by atoms with Crippen molar-refractivity contribution < 1.29 is 9.53 Å². The molecule has 1 aromatic heterocycles. The Labute approximate surface area is 156 Å². The molecule has 0 saturated heterocycles. The fourth-order valence-corrected chi connectivity index (χ4v) is 3.16. The molecule has 4 nitrogen and oxygen atoms in total. The van der Waals surface area contributed by atoms with Crippen LogP contribution in [0.1, 0.15) is 51.0 Å². The van der Waals surface area contributed by atoms with Crippen molar-refractivity contribution in [3.8, 4) is 5.75 Å². The lowest BCUT2D eigenvalue weighted by Crippen LogP contribution is -2.22. The van der Waals surface area contributed by atoms with Crippen LogP contribution in [0.3, 0.4) is 0 Å². The predicted octanol–water partition coefficient (Wildman–Crippen LogP) is 4.50. The summed E-state index contributed by atoms with van der Waals surface area (Å²) in [7, 11) is 0. The van der Waals surface area contributed by atoms with Gasteiger partial charge in [0.05, 0.1) is 6.61 Å². The molecule has 2 N–H and O–H groups in total. The van der Waals surface area contributed by atoms with Crippen LogP contribution in [-0.4, -0.2) is 29.8 Å². The minimum absolute atomic E-state index is 0.00878. The van der Waals surface area contributed by atoms with Crippen molar-refractivity contribution >= 4 is 29.4 Å². The molecule has 0 aliphatic heterocycles. The van der Waals surface area contributed by atoms with E-state index in [1.807, 2.05) is 12.3 Å². The van der Waals surface area contributed by atoms with E-state index in [1.54, 1.807) is 6.92 Å². The number of aromatic amines is 1. The van der Waals surface area contributed by atoms with Crippen molar-refractivity contribution in [1.82, 2.24) is 10.3 Å². The van der Waals surface area contributed by atoms with Gasteiger partial charge in [-0.1, -0.05) is 25.7 Å². The molecule has 0 saturated carbocycles. The van der Waals surface area contributed by atoms with Crippen LogP contribution in [0.4, 0.5) is 0 Å². The number of nitrogens with one attached hydrogen (secondary N) is 2. The Kier molecular flexibility index (Phi) is 8.73. The Morgan fingerprint density at radius 2 is 1.92 bits per heavy atom. The first-order valence-corrected chi connectivity index (χ1v) is 9.92. The summed E-state index contributed by atoms with van der Waals surface area (Å²) in [6, 6.07) is 6.18. The number of H-pyrrole nitrogens is 1. The highest BCUT2D eigenvalue weighted by molar-refractivity contribution is 7.80. The van der Waals surface area contributed by atoms with Crippen LogP contribution < -0.4 is 10.1 Å². The van der Waals surface area contributed by atoms with Crippen molar-refractivity contribution in [1.29, 1.82) is 0 Å². The van der Waals surface area contributed by atoms with Crippen molar-refractivity contribution in [2.45, 2.75) is 51.9 Å². The second-order valence-electron chi connectivity index (χ2n) is 6.45. The molecule has 1 heterocycles. The number of thiol groups is 1. The molecular weight excluding hydrogens is 332 g/mol. The maximum atomic E-state index is 11.0. The highest BCUT2D eigenvalue weighted by atomic mass is 32.1. The number of aromatic nitrogens is 1. The van der Waals surface area contributed by atoms with Crippen LogP contribution in [0.2, 0.25) is 0 Å². The molecule has 0 aliphatic carbocycles. The summed E-state index contributed by atoms with van der Waals surface area (Å²) in [5.74, 6) is 1.93. The maximum absolute atomic E-state index is 11.0. The fourth-order valence-electron chi connectivity index (χ4n) is 2.94. The first kappa shape index (κ1) is 19.7. The first-order chi connectivity index (χ1) is 12.2. The zero-order chi connectivity index (χ0) is 17.9. The van der Waals surface area contributed by atoms with Gasteiger partial charge in [0.25, 0.3) is 0 Å². The number of benzene rings is 1. The molecule has 25 heavy (non-hydrogen) atoms. The monoisotopic (exact) mass is 362 g/mol. The largest absolute Gasteiger partial charge is 0.494 e. The van der Waals surface area contributed by atoms with Gasteiger partial charge in [0, 0.05) is 30.6 Å². The Hall–Kier alpha value is -1.62. The number of carbonyl (C=O) groups is 1. The van der Waals surface area contributed by atoms with Crippen LogP contribution in [0.5, 0.6) is 5.75 Å². The van der Waals surface area contributed by atoms with E-state index in [-0.39, 0.29) is 5.91 Å². The Bertz CT molecular complexity index is 654. The Balaban J connectivity index is 1.76. The quantitative estimate of drug-likeness (QED) is 0.385.